The van der Waals surface area contributed by atoms with Crippen LogP contribution < -0.4 is 10.6 Å². The van der Waals surface area contributed by atoms with Gasteiger partial charge in [0, 0.05) is 13.0 Å². The minimum Gasteiger partial charge on any atom is -0.328 e. The summed E-state index contributed by atoms with van der Waals surface area (Å²) in [5, 5.41) is 0.0101. The highest BCUT2D eigenvalue weighted by atomic mass is 35.5. The van der Waals surface area contributed by atoms with Crippen molar-refractivity contribution < 1.29 is 23.0 Å². The lowest BCUT2D eigenvalue weighted by Gasteiger charge is -2.09. The summed E-state index contributed by atoms with van der Waals surface area (Å²) in [6, 6.07) is 10.4. The number of sulfone groups is 1. The number of rotatable bonds is 6. The molecule has 134 valence electrons. The standard InChI is InChI=1S/C17H18ClNO5S/c1-11(19)9-13-3-5-14(6-4-13)25(21,22)15-7-8-17(16(18)10-15)24-23-12(2)20/h3-8,10-11H,9,19H2,1-2H3/t11-/m1/s1. The smallest absolute Gasteiger partial charge is 0.328 e. The molecule has 0 spiro atoms. The van der Waals surface area contributed by atoms with E-state index in [0.717, 1.165) is 5.56 Å². The summed E-state index contributed by atoms with van der Waals surface area (Å²) in [6.45, 7) is 3.05. The maximum Gasteiger partial charge on any atom is 0.352 e. The molecule has 0 amide bonds. The fourth-order valence-corrected chi connectivity index (χ4v) is 3.70. The largest absolute Gasteiger partial charge is 0.352 e. The van der Waals surface area contributed by atoms with Crippen LogP contribution in [0.5, 0.6) is 5.75 Å². The Morgan fingerprint density at radius 2 is 1.76 bits per heavy atom. The molecule has 2 rings (SSSR count). The van der Waals surface area contributed by atoms with E-state index in [1.807, 2.05) is 6.92 Å². The maximum absolute atomic E-state index is 12.7. The van der Waals surface area contributed by atoms with Gasteiger partial charge in [0.05, 0.1) is 14.8 Å². The Hall–Kier alpha value is -2.09. The van der Waals surface area contributed by atoms with Crippen molar-refractivity contribution in [2.24, 2.45) is 5.73 Å². The third-order valence-electron chi connectivity index (χ3n) is 3.25. The first-order valence-electron chi connectivity index (χ1n) is 7.44. The topological polar surface area (TPSA) is 95.7 Å². The first kappa shape index (κ1) is 19.2. The number of benzene rings is 2. The number of nitrogens with two attached hydrogens (primary N) is 1. The van der Waals surface area contributed by atoms with Crippen LogP contribution in [0.3, 0.4) is 0 Å². The second kappa shape index (κ2) is 7.86. The van der Waals surface area contributed by atoms with Gasteiger partial charge in [0.25, 0.3) is 0 Å². The van der Waals surface area contributed by atoms with Gasteiger partial charge in [-0.1, -0.05) is 23.7 Å². The predicted octanol–water partition coefficient (Wildman–Crippen LogP) is 2.92. The van der Waals surface area contributed by atoms with E-state index in [1.165, 1.54) is 37.3 Å². The molecule has 6 nitrogen and oxygen atoms in total. The monoisotopic (exact) mass is 383 g/mol. The van der Waals surface area contributed by atoms with E-state index >= 15 is 0 Å². The molecule has 0 aromatic heterocycles. The third kappa shape index (κ3) is 4.94. The molecule has 0 fully saturated rings. The molecule has 0 saturated carbocycles. The third-order valence-corrected chi connectivity index (χ3v) is 5.32. The lowest BCUT2D eigenvalue weighted by Crippen LogP contribution is -2.17. The average molecular weight is 384 g/mol. The Bertz CT molecular complexity index is 863. The van der Waals surface area contributed by atoms with Crippen molar-refractivity contribution in [3.05, 3.63) is 53.1 Å². The molecule has 0 aliphatic carbocycles. The van der Waals surface area contributed by atoms with E-state index in [-0.39, 0.29) is 26.6 Å². The Kier molecular flexibility index (Phi) is 6.05. The van der Waals surface area contributed by atoms with E-state index in [9.17, 15) is 13.2 Å². The van der Waals surface area contributed by atoms with Gasteiger partial charge in [-0.2, -0.15) is 0 Å². The van der Waals surface area contributed by atoms with Crippen LogP contribution in [-0.2, 0) is 25.9 Å². The van der Waals surface area contributed by atoms with Crippen molar-refractivity contribution in [2.45, 2.75) is 36.1 Å². The Labute approximate surface area is 151 Å². The number of carbonyl (C=O) groups excluding carboxylic acids is 1. The van der Waals surface area contributed by atoms with E-state index in [2.05, 4.69) is 4.89 Å². The van der Waals surface area contributed by atoms with Gasteiger partial charge in [0.15, 0.2) is 5.75 Å². The van der Waals surface area contributed by atoms with Gasteiger partial charge in [-0.05, 0) is 49.2 Å². The Morgan fingerprint density at radius 3 is 2.28 bits per heavy atom. The average Bonchev–Trinajstić information content (AvgIpc) is 2.53. The molecular formula is C17H18ClNO5S. The summed E-state index contributed by atoms with van der Waals surface area (Å²) >= 11 is 5.99. The molecule has 0 saturated heterocycles. The van der Waals surface area contributed by atoms with Crippen LogP contribution in [0.4, 0.5) is 0 Å². The summed E-state index contributed by atoms with van der Waals surface area (Å²) in [6.07, 6.45) is 0.661. The fourth-order valence-electron chi connectivity index (χ4n) is 2.13. The molecule has 8 heteroatoms. The van der Waals surface area contributed by atoms with Crippen molar-refractivity contribution in [1.82, 2.24) is 0 Å². The van der Waals surface area contributed by atoms with Crippen LogP contribution in [0.15, 0.2) is 52.3 Å². The highest BCUT2D eigenvalue weighted by Gasteiger charge is 2.19. The first-order valence-corrected chi connectivity index (χ1v) is 9.30. The van der Waals surface area contributed by atoms with E-state index in [4.69, 9.17) is 22.2 Å². The van der Waals surface area contributed by atoms with Crippen LogP contribution >= 0.6 is 11.6 Å². The molecule has 2 aromatic rings. The zero-order valence-corrected chi connectivity index (χ0v) is 15.3. The van der Waals surface area contributed by atoms with E-state index < -0.39 is 15.8 Å². The van der Waals surface area contributed by atoms with Crippen molar-refractivity contribution in [1.29, 1.82) is 0 Å². The van der Waals surface area contributed by atoms with Gasteiger partial charge >= 0.3 is 5.97 Å². The summed E-state index contributed by atoms with van der Waals surface area (Å²) in [5.41, 5.74) is 6.69. The summed E-state index contributed by atoms with van der Waals surface area (Å²) < 4.78 is 25.4. The molecule has 25 heavy (non-hydrogen) atoms. The van der Waals surface area contributed by atoms with Gasteiger partial charge in [-0.15, -0.1) is 0 Å². The van der Waals surface area contributed by atoms with Crippen LogP contribution in [-0.4, -0.2) is 20.4 Å². The lowest BCUT2D eigenvalue weighted by atomic mass is 10.1. The Morgan fingerprint density at radius 1 is 1.16 bits per heavy atom. The zero-order chi connectivity index (χ0) is 18.6. The second-order valence-corrected chi connectivity index (χ2v) is 7.94. The van der Waals surface area contributed by atoms with E-state index in [1.54, 1.807) is 12.1 Å². The fraction of sp³-hybridized carbons (Fsp3) is 0.235. The Balaban J connectivity index is 2.27. The molecule has 0 radical (unpaired) electrons. The quantitative estimate of drug-likeness (QED) is 0.608. The molecule has 0 bridgehead atoms. The molecule has 2 aromatic carbocycles. The van der Waals surface area contributed by atoms with Crippen LogP contribution in [0, 0.1) is 0 Å². The van der Waals surface area contributed by atoms with Gasteiger partial charge in [-0.3, -0.25) is 9.78 Å². The van der Waals surface area contributed by atoms with Gasteiger partial charge in [0.1, 0.15) is 0 Å². The van der Waals surface area contributed by atoms with E-state index in [0.29, 0.717) is 6.42 Å². The number of carbonyl (C=O) groups is 1. The highest BCUT2D eigenvalue weighted by Crippen LogP contribution is 2.30. The SMILES string of the molecule is CC(=O)OOc1ccc(S(=O)(=O)c2ccc(C[C@@H](C)N)cc2)cc1Cl. The van der Waals surface area contributed by atoms with Gasteiger partial charge in [0.2, 0.25) is 9.84 Å². The van der Waals surface area contributed by atoms with Crippen molar-refractivity contribution in [2.75, 3.05) is 0 Å². The van der Waals surface area contributed by atoms with Crippen molar-refractivity contribution >= 4 is 27.4 Å². The molecule has 0 heterocycles. The normalized spacial score (nSPS) is 12.5. The second-order valence-electron chi connectivity index (χ2n) is 5.58. The predicted molar refractivity (Wildman–Crippen MR) is 93.1 cm³/mol. The molecule has 0 aliphatic heterocycles. The maximum atomic E-state index is 12.7. The minimum atomic E-state index is -3.73. The van der Waals surface area contributed by atoms with Crippen LogP contribution in [0.1, 0.15) is 19.4 Å². The number of hydrogen-bond acceptors (Lipinski definition) is 6. The molecule has 1 atom stereocenters. The summed E-state index contributed by atoms with van der Waals surface area (Å²) in [4.78, 5) is 20.0. The number of hydrogen-bond donors (Lipinski definition) is 1. The lowest BCUT2D eigenvalue weighted by molar-refractivity contribution is -0.210. The summed E-state index contributed by atoms with van der Waals surface area (Å²) in [7, 11) is -3.73. The molecular weight excluding hydrogens is 366 g/mol. The zero-order valence-electron chi connectivity index (χ0n) is 13.7. The highest BCUT2D eigenvalue weighted by molar-refractivity contribution is 7.91. The number of halogens is 1. The minimum absolute atomic E-state index is 0.00705. The van der Waals surface area contributed by atoms with Gasteiger partial charge < -0.3 is 5.73 Å². The van der Waals surface area contributed by atoms with Gasteiger partial charge in [-0.25, -0.2) is 13.2 Å². The first-order chi connectivity index (χ1) is 11.7. The summed E-state index contributed by atoms with van der Waals surface area (Å²) in [5.74, 6) is -0.609. The van der Waals surface area contributed by atoms with Crippen molar-refractivity contribution in [3.8, 4) is 5.75 Å². The van der Waals surface area contributed by atoms with Crippen LogP contribution in [0.25, 0.3) is 0 Å². The van der Waals surface area contributed by atoms with Crippen LogP contribution in [0.2, 0.25) is 5.02 Å². The van der Waals surface area contributed by atoms with Crippen molar-refractivity contribution in [3.63, 3.8) is 0 Å². The molecule has 0 aliphatic rings. The molecule has 2 N–H and O–H groups in total. The molecule has 0 unspecified atom stereocenters.